The van der Waals surface area contributed by atoms with Crippen molar-refractivity contribution < 1.29 is 18.8 Å². The Kier molecular flexibility index (Phi) is 3.93. The average molecular weight is 402 g/mol. The van der Waals surface area contributed by atoms with E-state index >= 15 is 0 Å². The minimum absolute atomic E-state index is 0.0839. The van der Waals surface area contributed by atoms with Gasteiger partial charge in [0.05, 0.1) is 17.8 Å². The van der Waals surface area contributed by atoms with Gasteiger partial charge in [0.15, 0.2) is 0 Å². The van der Waals surface area contributed by atoms with Gasteiger partial charge in [0.1, 0.15) is 6.79 Å². The van der Waals surface area contributed by atoms with Gasteiger partial charge in [-0.1, -0.05) is 0 Å². The van der Waals surface area contributed by atoms with Crippen molar-refractivity contribution >= 4 is 7.12 Å². The molecular formula is C24H39BO4. The Morgan fingerprint density at radius 1 is 0.862 bits per heavy atom. The first-order valence-electron chi connectivity index (χ1n) is 12.1. The molecular weight excluding hydrogens is 363 g/mol. The largest absolute Gasteiger partial charge is 0.464 e. The molecule has 0 aromatic carbocycles. The molecule has 29 heavy (non-hydrogen) atoms. The number of hydrogen-bond donors (Lipinski definition) is 0. The lowest BCUT2D eigenvalue weighted by Crippen LogP contribution is -2.79. The standard InChI is InChI=1S/C24H39BO4/c1-20(2)21(3,4)29-25(28-20)24-13-23(14-24,19(24)12-27-15-26-5)22-9-16-6-17(10-22)8-18(7-16)11-22/h16-19H,6-15H2,1-5H3. The van der Waals surface area contributed by atoms with E-state index in [4.69, 9.17) is 18.8 Å². The summed E-state index contributed by atoms with van der Waals surface area (Å²) >= 11 is 0. The molecule has 7 saturated carbocycles. The van der Waals surface area contributed by atoms with Gasteiger partial charge >= 0.3 is 7.12 Å². The molecule has 162 valence electrons. The molecule has 1 aliphatic heterocycles. The summed E-state index contributed by atoms with van der Waals surface area (Å²) in [6.07, 6.45) is 11.6. The Balaban J connectivity index is 1.28. The van der Waals surface area contributed by atoms with Gasteiger partial charge in [0.25, 0.3) is 0 Å². The molecule has 0 aromatic rings. The Bertz CT molecular complexity index is 644. The predicted molar refractivity (Wildman–Crippen MR) is 112 cm³/mol. The van der Waals surface area contributed by atoms with E-state index in [1.165, 1.54) is 51.4 Å². The van der Waals surface area contributed by atoms with Crippen LogP contribution in [-0.4, -0.2) is 38.8 Å². The van der Waals surface area contributed by atoms with Crippen LogP contribution in [0.25, 0.3) is 0 Å². The molecule has 5 heteroatoms. The SMILES string of the molecule is COCOCC1C2(B3OC(C)(C)C(C)(C)O3)CC1(C13CC4CC(CC(C4)C1)C3)C2. The molecule has 8 fully saturated rings. The van der Waals surface area contributed by atoms with Crippen LogP contribution in [0.2, 0.25) is 5.31 Å². The second kappa shape index (κ2) is 5.82. The van der Waals surface area contributed by atoms with Crippen LogP contribution in [0, 0.1) is 34.5 Å². The topological polar surface area (TPSA) is 36.9 Å². The first-order valence-corrected chi connectivity index (χ1v) is 12.1. The third kappa shape index (κ3) is 2.32. The molecule has 0 aromatic heterocycles. The molecule has 8 rings (SSSR count). The van der Waals surface area contributed by atoms with E-state index in [9.17, 15) is 0 Å². The molecule has 1 saturated heterocycles. The first kappa shape index (κ1) is 19.6. The van der Waals surface area contributed by atoms with Crippen molar-refractivity contribution in [2.75, 3.05) is 20.5 Å². The van der Waals surface area contributed by atoms with E-state index < -0.39 is 0 Å². The van der Waals surface area contributed by atoms with E-state index in [-0.39, 0.29) is 23.6 Å². The molecule has 0 N–H and O–H groups in total. The fourth-order valence-corrected chi connectivity index (χ4v) is 9.35. The third-order valence-electron chi connectivity index (χ3n) is 11.0. The van der Waals surface area contributed by atoms with E-state index in [1.54, 1.807) is 7.11 Å². The highest BCUT2D eigenvalue weighted by molar-refractivity contribution is 6.51. The van der Waals surface area contributed by atoms with Crippen molar-refractivity contribution in [1.82, 2.24) is 0 Å². The lowest BCUT2D eigenvalue weighted by molar-refractivity contribution is -0.314. The highest BCUT2D eigenvalue weighted by Crippen LogP contribution is 2.91. The van der Waals surface area contributed by atoms with E-state index in [1.807, 2.05) is 0 Å². The Morgan fingerprint density at radius 2 is 1.38 bits per heavy atom. The lowest BCUT2D eigenvalue weighted by atomic mass is 9.13. The summed E-state index contributed by atoms with van der Waals surface area (Å²) in [7, 11) is 1.64. The van der Waals surface area contributed by atoms with Gasteiger partial charge in [-0.2, -0.15) is 0 Å². The van der Waals surface area contributed by atoms with Gasteiger partial charge in [-0.25, -0.2) is 0 Å². The minimum Gasteiger partial charge on any atom is -0.403 e. The van der Waals surface area contributed by atoms with Crippen LogP contribution in [-0.2, 0) is 18.8 Å². The summed E-state index contributed by atoms with van der Waals surface area (Å²) in [5, 5.41) is 0.155. The smallest absolute Gasteiger partial charge is 0.403 e. The van der Waals surface area contributed by atoms with Crippen molar-refractivity contribution in [1.29, 1.82) is 0 Å². The van der Waals surface area contributed by atoms with Gasteiger partial charge in [-0.3, -0.25) is 0 Å². The average Bonchev–Trinajstić information content (AvgIpc) is 2.76. The highest BCUT2D eigenvalue weighted by atomic mass is 16.7. The lowest BCUT2D eigenvalue weighted by Gasteiger charge is -2.84. The maximum absolute atomic E-state index is 6.60. The normalized spacial score (nSPS) is 53.1. The summed E-state index contributed by atoms with van der Waals surface area (Å²) in [6, 6.07) is 0. The molecule has 6 bridgehead atoms. The van der Waals surface area contributed by atoms with Gasteiger partial charge in [-0.15, -0.1) is 0 Å². The summed E-state index contributed by atoms with van der Waals surface area (Å²) in [4.78, 5) is 0. The Hall–Kier alpha value is -0.0951. The van der Waals surface area contributed by atoms with Crippen molar-refractivity contribution in [3.63, 3.8) is 0 Å². The Labute approximate surface area is 176 Å². The maximum Gasteiger partial charge on any atom is 0.464 e. The summed E-state index contributed by atoms with van der Waals surface area (Å²) in [5.41, 5.74) is 0.548. The van der Waals surface area contributed by atoms with Crippen LogP contribution in [0.4, 0.5) is 0 Å². The van der Waals surface area contributed by atoms with Gasteiger partial charge in [-0.05, 0) is 114 Å². The molecule has 0 amide bonds. The molecule has 8 aliphatic rings. The maximum atomic E-state index is 6.60. The molecule has 0 radical (unpaired) electrons. The number of hydrogen-bond acceptors (Lipinski definition) is 4. The van der Waals surface area contributed by atoms with Gasteiger partial charge < -0.3 is 18.8 Å². The van der Waals surface area contributed by atoms with E-state index in [2.05, 4.69) is 27.7 Å². The van der Waals surface area contributed by atoms with Crippen LogP contribution in [0.1, 0.15) is 79.1 Å². The van der Waals surface area contributed by atoms with Crippen LogP contribution < -0.4 is 0 Å². The molecule has 1 unspecified atom stereocenters. The van der Waals surface area contributed by atoms with Crippen LogP contribution in [0.15, 0.2) is 0 Å². The fourth-order valence-electron chi connectivity index (χ4n) is 9.35. The van der Waals surface area contributed by atoms with E-state index in [0.29, 0.717) is 23.5 Å². The quantitative estimate of drug-likeness (QED) is 0.353. The third-order valence-corrected chi connectivity index (χ3v) is 11.0. The number of ether oxygens (including phenoxy) is 2. The summed E-state index contributed by atoms with van der Waals surface area (Å²) in [5.74, 6) is 3.58. The van der Waals surface area contributed by atoms with Crippen LogP contribution in [0.3, 0.4) is 0 Å². The second-order valence-corrected chi connectivity index (χ2v) is 12.9. The molecule has 1 heterocycles. The van der Waals surface area contributed by atoms with Crippen molar-refractivity contribution in [2.24, 2.45) is 34.5 Å². The van der Waals surface area contributed by atoms with E-state index in [0.717, 1.165) is 24.4 Å². The summed E-state index contributed by atoms with van der Waals surface area (Å²) in [6.45, 7) is 9.94. The first-order chi connectivity index (χ1) is 13.7. The zero-order chi connectivity index (χ0) is 20.3. The number of methoxy groups -OCH3 is 1. The monoisotopic (exact) mass is 402 g/mol. The zero-order valence-corrected chi connectivity index (χ0v) is 19.1. The fraction of sp³-hybridized carbons (Fsp3) is 1.00. The molecule has 4 nitrogen and oxygen atoms in total. The Morgan fingerprint density at radius 3 is 1.86 bits per heavy atom. The molecule has 7 aliphatic carbocycles. The molecule has 1 atom stereocenters. The minimum atomic E-state index is -0.251. The van der Waals surface area contributed by atoms with Crippen LogP contribution >= 0.6 is 0 Å². The second-order valence-electron chi connectivity index (χ2n) is 12.9. The van der Waals surface area contributed by atoms with Crippen molar-refractivity contribution in [3.05, 3.63) is 0 Å². The highest BCUT2D eigenvalue weighted by Gasteiger charge is 2.86. The number of rotatable bonds is 6. The van der Waals surface area contributed by atoms with Crippen molar-refractivity contribution in [2.45, 2.75) is 95.6 Å². The predicted octanol–water partition coefficient (Wildman–Crippen LogP) is 5.07. The molecule has 0 spiro atoms. The van der Waals surface area contributed by atoms with Crippen LogP contribution in [0.5, 0.6) is 0 Å². The van der Waals surface area contributed by atoms with Gasteiger partial charge in [0.2, 0.25) is 0 Å². The van der Waals surface area contributed by atoms with Gasteiger partial charge in [0, 0.05) is 12.4 Å². The zero-order valence-electron chi connectivity index (χ0n) is 19.1. The van der Waals surface area contributed by atoms with Crippen molar-refractivity contribution in [3.8, 4) is 0 Å². The summed E-state index contributed by atoms with van der Waals surface area (Å²) < 4.78 is 24.5.